The monoisotopic (exact) mass is 206 g/mol. The molecule has 0 amide bonds. The molecule has 0 bridgehead atoms. The van der Waals surface area contributed by atoms with Crippen LogP contribution in [-0.2, 0) is 0 Å². The fourth-order valence-electron chi connectivity index (χ4n) is 2.34. The predicted octanol–water partition coefficient (Wildman–Crippen LogP) is 2.00. The lowest BCUT2D eigenvalue weighted by Crippen LogP contribution is -2.12. The molecule has 1 aliphatic carbocycles. The van der Waals surface area contributed by atoms with E-state index in [1.807, 2.05) is 6.92 Å². The van der Waals surface area contributed by atoms with Crippen molar-refractivity contribution in [2.24, 2.45) is 0 Å². The Balaban J connectivity index is 2.33. The van der Waals surface area contributed by atoms with Gasteiger partial charge in [0.1, 0.15) is 5.82 Å². The Hall–Kier alpha value is -1.32. The molecule has 4 N–H and O–H groups in total. The van der Waals surface area contributed by atoms with E-state index < -0.39 is 0 Å². The van der Waals surface area contributed by atoms with Gasteiger partial charge in [-0.1, -0.05) is 19.3 Å². The van der Waals surface area contributed by atoms with Crippen LogP contribution in [-0.4, -0.2) is 9.97 Å². The van der Waals surface area contributed by atoms with Gasteiger partial charge in [-0.2, -0.15) is 4.98 Å². The molecule has 1 aromatic rings. The van der Waals surface area contributed by atoms with Crippen LogP contribution >= 0.6 is 0 Å². The van der Waals surface area contributed by atoms with Gasteiger partial charge >= 0.3 is 0 Å². The minimum atomic E-state index is 0.304. The summed E-state index contributed by atoms with van der Waals surface area (Å²) in [5.74, 6) is 1.37. The summed E-state index contributed by atoms with van der Waals surface area (Å²) in [5, 5.41) is 0. The Morgan fingerprint density at radius 3 is 2.40 bits per heavy atom. The van der Waals surface area contributed by atoms with E-state index in [-0.39, 0.29) is 0 Å². The summed E-state index contributed by atoms with van der Waals surface area (Å²) in [5.41, 5.74) is 13.5. The molecule has 0 atom stereocenters. The van der Waals surface area contributed by atoms with Crippen LogP contribution in [0.15, 0.2) is 0 Å². The zero-order valence-corrected chi connectivity index (χ0v) is 9.16. The minimum absolute atomic E-state index is 0.304. The minimum Gasteiger partial charge on any atom is -0.383 e. The molecule has 1 aliphatic rings. The SMILES string of the molecule is Cc1c(N)nc(N)nc1C1CCCCC1. The van der Waals surface area contributed by atoms with E-state index in [0.717, 1.165) is 11.3 Å². The fraction of sp³-hybridized carbons (Fsp3) is 0.636. The predicted molar refractivity (Wildman–Crippen MR) is 61.4 cm³/mol. The Bertz CT molecular complexity index is 356. The highest BCUT2D eigenvalue weighted by Crippen LogP contribution is 2.34. The summed E-state index contributed by atoms with van der Waals surface area (Å²) in [6.07, 6.45) is 6.32. The van der Waals surface area contributed by atoms with Crippen molar-refractivity contribution in [3.8, 4) is 0 Å². The molecule has 0 spiro atoms. The summed E-state index contributed by atoms with van der Waals surface area (Å²) in [6.45, 7) is 1.98. The smallest absolute Gasteiger partial charge is 0.222 e. The van der Waals surface area contributed by atoms with Crippen LogP contribution < -0.4 is 11.5 Å². The van der Waals surface area contributed by atoms with Crippen LogP contribution in [0.5, 0.6) is 0 Å². The zero-order chi connectivity index (χ0) is 10.8. The van der Waals surface area contributed by atoms with Gasteiger partial charge in [0.15, 0.2) is 0 Å². The van der Waals surface area contributed by atoms with E-state index >= 15 is 0 Å². The maximum atomic E-state index is 5.80. The van der Waals surface area contributed by atoms with Crippen molar-refractivity contribution in [2.75, 3.05) is 11.5 Å². The highest BCUT2D eigenvalue weighted by molar-refractivity contribution is 5.46. The van der Waals surface area contributed by atoms with E-state index in [1.54, 1.807) is 0 Å². The van der Waals surface area contributed by atoms with Gasteiger partial charge in [-0.3, -0.25) is 0 Å². The molecule has 0 aromatic carbocycles. The molecule has 1 aromatic heterocycles. The number of aromatic nitrogens is 2. The van der Waals surface area contributed by atoms with Crippen molar-refractivity contribution in [1.82, 2.24) is 9.97 Å². The molecular weight excluding hydrogens is 188 g/mol. The van der Waals surface area contributed by atoms with E-state index in [9.17, 15) is 0 Å². The third-order valence-corrected chi connectivity index (χ3v) is 3.23. The topological polar surface area (TPSA) is 77.8 Å². The van der Waals surface area contributed by atoms with Crippen molar-refractivity contribution in [3.05, 3.63) is 11.3 Å². The summed E-state index contributed by atoms with van der Waals surface area (Å²) in [6, 6.07) is 0. The average molecular weight is 206 g/mol. The molecular formula is C11H18N4. The summed E-state index contributed by atoms with van der Waals surface area (Å²) in [7, 11) is 0. The molecule has 0 saturated heterocycles. The van der Waals surface area contributed by atoms with Crippen molar-refractivity contribution >= 4 is 11.8 Å². The number of nitrogens with zero attached hydrogens (tertiary/aromatic N) is 2. The third kappa shape index (κ3) is 2.03. The van der Waals surface area contributed by atoms with E-state index in [4.69, 9.17) is 11.5 Å². The molecule has 4 heteroatoms. The number of nitrogens with two attached hydrogens (primary N) is 2. The van der Waals surface area contributed by atoms with Gasteiger partial charge in [0, 0.05) is 11.5 Å². The van der Waals surface area contributed by atoms with E-state index in [1.165, 1.54) is 32.1 Å². The van der Waals surface area contributed by atoms with Crippen molar-refractivity contribution in [2.45, 2.75) is 44.9 Å². The Labute approximate surface area is 90.1 Å². The largest absolute Gasteiger partial charge is 0.383 e. The highest BCUT2D eigenvalue weighted by atomic mass is 15.0. The van der Waals surface area contributed by atoms with Gasteiger partial charge in [0.05, 0.1) is 5.69 Å². The van der Waals surface area contributed by atoms with Crippen LogP contribution in [0.2, 0.25) is 0 Å². The molecule has 0 aliphatic heterocycles. The van der Waals surface area contributed by atoms with Gasteiger partial charge in [0.2, 0.25) is 5.95 Å². The molecule has 0 radical (unpaired) electrons. The quantitative estimate of drug-likeness (QED) is 0.736. The number of nitrogen functional groups attached to an aromatic ring is 2. The highest BCUT2D eigenvalue weighted by Gasteiger charge is 2.20. The molecule has 1 fully saturated rings. The first-order valence-electron chi connectivity index (χ1n) is 5.58. The standard InChI is InChI=1S/C11H18N4/c1-7-9(8-5-3-2-4-6-8)14-11(13)15-10(7)12/h8H,2-6H2,1H3,(H4,12,13,14,15). The third-order valence-electron chi connectivity index (χ3n) is 3.23. The maximum Gasteiger partial charge on any atom is 0.222 e. The van der Waals surface area contributed by atoms with Crippen molar-refractivity contribution in [1.29, 1.82) is 0 Å². The number of rotatable bonds is 1. The van der Waals surface area contributed by atoms with E-state index in [0.29, 0.717) is 17.7 Å². The van der Waals surface area contributed by atoms with Crippen molar-refractivity contribution < 1.29 is 0 Å². The molecule has 1 saturated carbocycles. The molecule has 0 unspecified atom stereocenters. The van der Waals surface area contributed by atoms with Crippen LogP contribution in [0.4, 0.5) is 11.8 Å². The van der Waals surface area contributed by atoms with Gasteiger partial charge in [-0.05, 0) is 19.8 Å². The van der Waals surface area contributed by atoms with Gasteiger partial charge in [0.25, 0.3) is 0 Å². The first-order chi connectivity index (χ1) is 7.18. The zero-order valence-electron chi connectivity index (χ0n) is 9.16. The second-order valence-corrected chi connectivity index (χ2v) is 4.31. The van der Waals surface area contributed by atoms with Crippen molar-refractivity contribution in [3.63, 3.8) is 0 Å². The first kappa shape index (κ1) is 10.2. The van der Waals surface area contributed by atoms with Gasteiger partial charge < -0.3 is 11.5 Å². The summed E-state index contributed by atoms with van der Waals surface area (Å²) < 4.78 is 0. The second kappa shape index (κ2) is 4.04. The molecule has 2 rings (SSSR count). The fourth-order valence-corrected chi connectivity index (χ4v) is 2.34. The number of hydrogen-bond donors (Lipinski definition) is 2. The number of anilines is 2. The first-order valence-corrected chi connectivity index (χ1v) is 5.58. The Kier molecular flexibility index (Phi) is 2.75. The molecule has 82 valence electrons. The van der Waals surface area contributed by atoms with Crippen LogP contribution in [0.25, 0.3) is 0 Å². The van der Waals surface area contributed by atoms with Crippen LogP contribution in [0.3, 0.4) is 0 Å². The Morgan fingerprint density at radius 1 is 1.07 bits per heavy atom. The lowest BCUT2D eigenvalue weighted by Gasteiger charge is -2.22. The molecule has 1 heterocycles. The normalized spacial score (nSPS) is 17.9. The molecule has 15 heavy (non-hydrogen) atoms. The summed E-state index contributed by atoms with van der Waals surface area (Å²) in [4.78, 5) is 8.32. The van der Waals surface area contributed by atoms with Crippen LogP contribution in [0.1, 0.15) is 49.3 Å². The lowest BCUT2D eigenvalue weighted by atomic mass is 9.85. The average Bonchev–Trinajstić information content (AvgIpc) is 2.24. The lowest BCUT2D eigenvalue weighted by molar-refractivity contribution is 0.435. The van der Waals surface area contributed by atoms with Gasteiger partial charge in [-0.25, -0.2) is 4.98 Å². The van der Waals surface area contributed by atoms with Gasteiger partial charge in [-0.15, -0.1) is 0 Å². The maximum absolute atomic E-state index is 5.80. The second-order valence-electron chi connectivity index (χ2n) is 4.31. The van der Waals surface area contributed by atoms with Crippen LogP contribution in [0, 0.1) is 6.92 Å². The summed E-state index contributed by atoms with van der Waals surface area (Å²) >= 11 is 0. The van der Waals surface area contributed by atoms with E-state index in [2.05, 4.69) is 9.97 Å². The number of hydrogen-bond acceptors (Lipinski definition) is 4. The molecule has 4 nitrogen and oxygen atoms in total. The Morgan fingerprint density at radius 2 is 1.73 bits per heavy atom.